The van der Waals surface area contributed by atoms with Gasteiger partial charge in [0.25, 0.3) is 5.56 Å². The Morgan fingerprint density at radius 2 is 2.00 bits per heavy atom. The first-order valence-electron chi connectivity index (χ1n) is 4.35. The van der Waals surface area contributed by atoms with Crippen molar-refractivity contribution in [2.24, 2.45) is 7.05 Å². The molecule has 2 nitrogen and oxygen atoms in total. The van der Waals surface area contributed by atoms with Crippen molar-refractivity contribution in [3.63, 3.8) is 0 Å². The van der Waals surface area contributed by atoms with Crippen molar-refractivity contribution in [3.8, 4) is 0 Å². The van der Waals surface area contributed by atoms with Gasteiger partial charge in [-0.15, -0.1) is 0 Å². The van der Waals surface area contributed by atoms with Gasteiger partial charge in [-0.2, -0.15) is 0 Å². The lowest BCUT2D eigenvalue weighted by molar-refractivity contribution is 0.830. The summed E-state index contributed by atoms with van der Waals surface area (Å²) in [5.41, 5.74) is 1.04. The summed E-state index contributed by atoms with van der Waals surface area (Å²) in [7, 11) is 1.79. The third kappa shape index (κ3) is 1.38. The molecule has 2 aromatic rings. The molecule has 1 aromatic heterocycles. The molecule has 1 aromatic carbocycles. The molecule has 72 valence electrons. The first kappa shape index (κ1) is 9.46. The Morgan fingerprint density at radius 3 is 2.71 bits per heavy atom. The van der Waals surface area contributed by atoms with Crippen LogP contribution in [0.1, 0.15) is 5.69 Å². The molecular weight excluding hydrogens is 242 g/mol. The van der Waals surface area contributed by atoms with Gasteiger partial charge in [0.1, 0.15) is 0 Å². The van der Waals surface area contributed by atoms with E-state index in [1.165, 1.54) is 0 Å². The van der Waals surface area contributed by atoms with Gasteiger partial charge in [-0.1, -0.05) is 15.9 Å². The van der Waals surface area contributed by atoms with E-state index in [2.05, 4.69) is 15.9 Å². The van der Waals surface area contributed by atoms with Crippen LogP contribution in [0.5, 0.6) is 0 Å². The quantitative estimate of drug-likeness (QED) is 0.706. The monoisotopic (exact) mass is 251 g/mol. The highest BCUT2D eigenvalue weighted by Gasteiger charge is 2.03. The van der Waals surface area contributed by atoms with Gasteiger partial charge in [-0.3, -0.25) is 4.79 Å². The molecule has 0 saturated carbocycles. The minimum Gasteiger partial charge on any atom is -0.315 e. The Hall–Kier alpha value is -1.09. The second kappa shape index (κ2) is 3.24. The van der Waals surface area contributed by atoms with Crippen molar-refractivity contribution in [3.05, 3.63) is 44.8 Å². The van der Waals surface area contributed by atoms with Crippen molar-refractivity contribution in [1.82, 2.24) is 4.57 Å². The van der Waals surface area contributed by atoms with E-state index in [-0.39, 0.29) is 5.56 Å². The molecule has 2 rings (SSSR count). The fourth-order valence-corrected chi connectivity index (χ4v) is 1.89. The van der Waals surface area contributed by atoms with E-state index in [1.807, 2.05) is 31.2 Å². The van der Waals surface area contributed by atoms with E-state index < -0.39 is 0 Å². The van der Waals surface area contributed by atoms with Crippen LogP contribution in [0.3, 0.4) is 0 Å². The summed E-state index contributed by atoms with van der Waals surface area (Å²) in [6, 6.07) is 7.71. The molecule has 14 heavy (non-hydrogen) atoms. The third-order valence-electron chi connectivity index (χ3n) is 2.44. The Morgan fingerprint density at radius 1 is 1.29 bits per heavy atom. The van der Waals surface area contributed by atoms with Crippen LogP contribution in [-0.4, -0.2) is 4.57 Å². The number of aromatic nitrogens is 1. The molecule has 0 fully saturated rings. The van der Waals surface area contributed by atoms with Crippen LogP contribution in [0.25, 0.3) is 10.8 Å². The zero-order valence-corrected chi connectivity index (χ0v) is 9.63. The van der Waals surface area contributed by atoms with Crippen LogP contribution >= 0.6 is 15.9 Å². The Labute approximate surface area is 90.3 Å². The number of benzene rings is 1. The molecule has 0 aliphatic carbocycles. The molecule has 0 unspecified atom stereocenters. The smallest absolute Gasteiger partial charge is 0.258 e. The maximum Gasteiger partial charge on any atom is 0.258 e. The highest BCUT2D eigenvalue weighted by atomic mass is 79.9. The third-order valence-corrected chi connectivity index (χ3v) is 2.94. The van der Waals surface area contributed by atoms with Crippen LogP contribution in [0.4, 0.5) is 0 Å². The van der Waals surface area contributed by atoms with Gasteiger partial charge in [0.05, 0.1) is 0 Å². The molecular formula is C11H10BrNO. The van der Waals surface area contributed by atoms with Gasteiger partial charge >= 0.3 is 0 Å². The number of fused-ring (bicyclic) bond motifs is 1. The fourth-order valence-electron chi connectivity index (χ4n) is 1.51. The molecule has 0 saturated heterocycles. The predicted octanol–water partition coefficient (Wildman–Crippen LogP) is 2.61. The zero-order chi connectivity index (χ0) is 10.3. The number of hydrogen-bond donors (Lipinski definition) is 0. The topological polar surface area (TPSA) is 22.0 Å². The molecule has 0 aliphatic heterocycles. The van der Waals surface area contributed by atoms with Gasteiger partial charge in [0, 0.05) is 22.6 Å². The van der Waals surface area contributed by atoms with Crippen molar-refractivity contribution < 1.29 is 0 Å². The maximum atomic E-state index is 11.8. The second-order valence-electron chi connectivity index (χ2n) is 3.38. The Bertz CT molecular complexity index is 557. The Kier molecular flexibility index (Phi) is 2.19. The second-order valence-corrected chi connectivity index (χ2v) is 4.30. The lowest BCUT2D eigenvalue weighted by atomic mass is 10.1. The summed E-state index contributed by atoms with van der Waals surface area (Å²) in [6.07, 6.45) is 0. The standard InChI is InChI=1S/C11H10BrNO/c1-7-5-8-6-9(12)3-4-10(8)11(14)13(7)2/h3-6H,1-2H3. The molecule has 0 aliphatic rings. The van der Waals surface area contributed by atoms with Gasteiger partial charge in [-0.25, -0.2) is 0 Å². The van der Waals surface area contributed by atoms with Crippen molar-refractivity contribution >= 4 is 26.7 Å². The summed E-state index contributed by atoms with van der Waals surface area (Å²) in [6.45, 7) is 1.93. The molecule has 0 bridgehead atoms. The molecule has 1 heterocycles. The minimum atomic E-state index is 0.0625. The maximum absolute atomic E-state index is 11.8. The molecule has 0 radical (unpaired) electrons. The van der Waals surface area contributed by atoms with E-state index in [1.54, 1.807) is 11.6 Å². The number of hydrogen-bond acceptors (Lipinski definition) is 1. The van der Waals surface area contributed by atoms with Crippen LogP contribution < -0.4 is 5.56 Å². The predicted molar refractivity (Wildman–Crippen MR) is 61.6 cm³/mol. The van der Waals surface area contributed by atoms with Crippen molar-refractivity contribution in [2.45, 2.75) is 6.92 Å². The van der Waals surface area contributed by atoms with Crippen molar-refractivity contribution in [1.29, 1.82) is 0 Å². The Balaban J connectivity index is 2.98. The minimum absolute atomic E-state index is 0.0625. The highest BCUT2D eigenvalue weighted by Crippen LogP contribution is 2.17. The summed E-state index contributed by atoms with van der Waals surface area (Å²) in [5, 5.41) is 1.75. The highest BCUT2D eigenvalue weighted by molar-refractivity contribution is 9.10. The number of nitrogens with zero attached hydrogens (tertiary/aromatic N) is 1. The molecule has 0 spiro atoms. The van der Waals surface area contributed by atoms with E-state index in [9.17, 15) is 4.79 Å². The summed E-state index contributed by atoms with van der Waals surface area (Å²) in [4.78, 5) is 11.8. The largest absolute Gasteiger partial charge is 0.315 e. The summed E-state index contributed by atoms with van der Waals surface area (Å²) in [5.74, 6) is 0. The van der Waals surface area contributed by atoms with E-state index >= 15 is 0 Å². The van der Waals surface area contributed by atoms with E-state index in [0.29, 0.717) is 0 Å². The summed E-state index contributed by atoms with van der Waals surface area (Å²) >= 11 is 3.39. The van der Waals surface area contributed by atoms with E-state index in [0.717, 1.165) is 20.9 Å². The van der Waals surface area contributed by atoms with Crippen molar-refractivity contribution in [2.75, 3.05) is 0 Å². The average Bonchev–Trinajstić information content (AvgIpc) is 2.14. The number of halogens is 1. The van der Waals surface area contributed by atoms with Crippen LogP contribution in [0, 0.1) is 6.92 Å². The van der Waals surface area contributed by atoms with Gasteiger partial charge in [-0.05, 0) is 36.6 Å². The molecule has 0 atom stereocenters. The van der Waals surface area contributed by atoms with Gasteiger partial charge < -0.3 is 4.57 Å². The molecule has 3 heteroatoms. The molecule has 0 N–H and O–H groups in total. The SMILES string of the molecule is Cc1cc2cc(Br)ccc2c(=O)n1C. The summed E-state index contributed by atoms with van der Waals surface area (Å²) < 4.78 is 2.66. The molecule has 0 amide bonds. The average molecular weight is 252 g/mol. The first-order chi connectivity index (χ1) is 6.59. The van der Waals surface area contributed by atoms with Crippen LogP contribution in [0.2, 0.25) is 0 Å². The van der Waals surface area contributed by atoms with Gasteiger partial charge in [0.15, 0.2) is 0 Å². The lowest BCUT2D eigenvalue weighted by Crippen LogP contribution is -2.18. The van der Waals surface area contributed by atoms with E-state index in [4.69, 9.17) is 0 Å². The normalized spacial score (nSPS) is 10.8. The van der Waals surface area contributed by atoms with Crippen LogP contribution in [0.15, 0.2) is 33.5 Å². The zero-order valence-electron chi connectivity index (χ0n) is 8.04. The number of rotatable bonds is 0. The number of aryl methyl sites for hydroxylation is 1. The lowest BCUT2D eigenvalue weighted by Gasteiger charge is -2.05. The van der Waals surface area contributed by atoms with Gasteiger partial charge in [0.2, 0.25) is 0 Å². The fraction of sp³-hybridized carbons (Fsp3) is 0.182. The first-order valence-corrected chi connectivity index (χ1v) is 5.15. The number of pyridine rings is 1. The van der Waals surface area contributed by atoms with Crippen LogP contribution in [-0.2, 0) is 7.05 Å².